The highest BCUT2D eigenvalue weighted by atomic mass is 32.2. The Morgan fingerprint density at radius 1 is 1.33 bits per heavy atom. The minimum atomic E-state index is -3.77. The lowest BCUT2D eigenvalue weighted by Gasteiger charge is -2.34. The van der Waals surface area contributed by atoms with Gasteiger partial charge in [-0.3, -0.25) is 5.41 Å². The number of nitrogens with zero attached hydrogens (tertiary/aromatic N) is 2. The molecule has 1 aliphatic carbocycles. The van der Waals surface area contributed by atoms with Crippen LogP contribution >= 0.6 is 0 Å². The fourth-order valence-electron chi connectivity index (χ4n) is 2.77. The Morgan fingerprint density at radius 2 is 1.90 bits per heavy atom. The highest BCUT2D eigenvalue weighted by molar-refractivity contribution is 7.89. The molecule has 2 rings (SSSR count). The van der Waals surface area contributed by atoms with Gasteiger partial charge in [0.2, 0.25) is 0 Å². The molecule has 118 valence electrons. The van der Waals surface area contributed by atoms with E-state index in [-0.39, 0.29) is 10.9 Å². The molecule has 0 atom stereocenters. The summed E-state index contributed by atoms with van der Waals surface area (Å²) in [6, 6.07) is 0. The predicted octanol–water partition coefficient (Wildman–Crippen LogP) is 1.12. The molecule has 7 nitrogen and oxygen atoms in total. The number of nitrogens with two attached hydrogens (primary N) is 1. The van der Waals surface area contributed by atoms with Crippen LogP contribution in [0.1, 0.15) is 44.9 Å². The summed E-state index contributed by atoms with van der Waals surface area (Å²) in [5.41, 5.74) is 4.77. The summed E-state index contributed by atoms with van der Waals surface area (Å²) < 4.78 is 29.2. The Bertz CT molecular complexity index is 600. The first-order valence-corrected chi connectivity index (χ1v) is 8.70. The third-order valence-electron chi connectivity index (χ3n) is 4.01. The van der Waals surface area contributed by atoms with Crippen LogP contribution in [0.2, 0.25) is 0 Å². The predicted molar refractivity (Wildman–Crippen MR) is 80.5 cm³/mol. The SMILES string of the molecule is Cn1cnc(S(=O)(=O)NC2(C(=N)N)CCCCCCC2)c1. The second-order valence-electron chi connectivity index (χ2n) is 5.75. The van der Waals surface area contributed by atoms with Crippen LogP contribution in [-0.2, 0) is 17.1 Å². The summed E-state index contributed by atoms with van der Waals surface area (Å²) in [4.78, 5) is 3.89. The number of imidazole rings is 1. The van der Waals surface area contributed by atoms with Gasteiger partial charge < -0.3 is 10.3 Å². The van der Waals surface area contributed by atoms with Gasteiger partial charge in [0, 0.05) is 13.2 Å². The lowest BCUT2D eigenvalue weighted by atomic mass is 9.84. The van der Waals surface area contributed by atoms with Gasteiger partial charge >= 0.3 is 0 Å². The minimum absolute atomic E-state index is 0.0346. The molecular formula is C13H23N5O2S. The van der Waals surface area contributed by atoms with Gasteiger partial charge in [-0.15, -0.1) is 0 Å². The third kappa shape index (κ3) is 3.62. The van der Waals surface area contributed by atoms with E-state index in [1.165, 1.54) is 12.5 Å². The van der Waals surface area contributed by atoms with Crippen LogP contribution in [0.3, 0.4) is 0 Å². The van der Waals surface area contributed by atoms with Crippen molar-refractivity contribution in [1.82, 2.24) is 14.3 Å². The van der Waals surface area contributed by atoms with Gasteiger partial charge in [0.25, 0.3) is 10.0 Å². The van der Waals surface area contributed by atoms with Crippen molar-refractivity contribution in [2.24, 2.45) is 12.8 Å². The Hall–Kier alpha value is -1.41. The molecule has 1 fully saturated rings. The van der Waals surface area contributed by atoms with Crippen LogP contribution in [0.4, 0.5) is 0 Å². The van der Waals surface area contributed by atoms with E-state index in [0.717, 1.165) is 32.1 Å². The van der Waals surface area contributed by atoms with E-state index in [4.69, 9.17) is 11.1 Å². The monoisotopic (exact) mass is 313 g/mol. The maximum Gasteiger partial charge on any atom is 0.260 e. The molecule has 0 amide bonds. The molecule has 1 aliphatic rings. The summed E-state index contributed by atoms with van der Waals surface area (Å²) in [6.45, 7) is 0. The average molecular weight is 313 g/mol. The van der Waals surface area contributed by atoms with Crippen molar-refractivity contribution in [3.63, 3.8) is 0 Å². The molecule has 1 saturated carbocycles. The number of aryl methyl sites for hydroxylation is 1. The number of sulfonamides is 1. The molecule has 1 heterocycles. The molecule has 1 aromatic heterocycles. The summed E-state index contributed by atoms with van der Waals surface area (Å²) >= 11 is 0. The quantitative estimate of drug-likeness (QED) is 0.571. The van der Waals surface area contributed by atoms with E-state index in [0.29, 0.717) is 12.8 Å². The van der Waals surface area contributed by atoms with Gasteiger partial charge in [0.15, 0.2) is 5.03 Å². The van der Waals surface area contributed by atoms with Gasteiger partial charge in [-0.05, 0) is 12.8 Å². The first-order chi connectivity index (χ1) is 9.86. The van der Waals surface area contributed by atoms with Crippen LogP contribution in [0.25, 0.3) is 0 Å². The zero-order valence-electron chi connectivity index (χ0n) is 12.3. The molecule has 0 radical (unpaired) electrons. The first kappa shape index (κ1) is 16.0. The fourth-order valence-corrected chi connectivity index (χ4v) is 4.20. The van der Waals surface area contributed by atoms with E-state index in [1.54, 1.807) is 11.6 Å². The zero-order chi connectivity index (χ0) is 15.5. The topological polar surface area (TPSA) is 114 Å². The molecule has 0 bridgehead atoms. The lowest BCUT2D eigenvalue weighted by Crippen LogP contribution is -2.57. The minimum Gasteiger partial charge on any atom is -0.386 e. The molecular weight excluding hydrogens is 290 g/mol. The highest BCUT2D eigenvalue weighted by Crippen LogP contribution is 2.28. The van der Waals surface area contributed by atoms with Gasteiger partial charge in [-0.2, -0.15) is 4.72 Å². The van der Waals surface area contributed by atoms with Crippen LogP contribution < -0.4 is 10.5 Å². The number of hydrogen-bond donors (Lipinski definition) is 3. The second kappa shape index (κ2) is 6.15. The molecule has 8 heteroatoms. The summed E-state index contributed by atoms with van der Waals surface area (Å²) in [5.74, 6) is -0.107. The molecule has 0 spiro atoms. The smallest absolute Gasteiger partial charge is 0.260 e. The van der Waals surface area contributed by atoms with Crippen molar-refractivity contribution >= 4 is 15.9 Å². The third-order valence-corrected chi connectivity index (χ3v) is 5.43. The maximum absolute atomic E-state index is 12.5. The zero-order valence-corrected chi connectivity index (χ0v) is 13.1. The Labute approximate surface area is 125 Å². The maximum atomic E-state index is 12.5. The van der Waals surface area contributed by atoms with E-state index in [2.05, 4.69) is 9.71 Å². The van der Waals surface area contributed by atoms with E-state index in [9.17, 15) is 8.42 Å². The highest BCUT2D eigenvalue weighted by Gasteiger charge is 2.38. The van der Waals surface area contributed by atoms with Gasteiger partial charge in [-0.1, -0.05) is 32.1 Å². The summed E-state index contributed by atoms with van der Waals surface area (Å²) in [6.07, 6.45) is 8.98. The Kier molecular flexibility index (Phi) is 4.67. The standard InChI is InChI=1S/C13H23N5O2S/c1-18-9-11(16-10-18)21(19,20)17-13(12(14)15)7-5-3-2-4-6-8-13/h9-10,17H,2-8H2,1H3,(H3,14,15). The largest absolute Gasteiger partial charge is 0.386 e. The van der Waals surface area contributed by atoms with Crippen LogP contribution in [0.5, 0.6) is 0 Å². The van der Waals surface area contributed by atoms with Gasteiger partial charge in [0.1, 0.15) is 5.84 Å². The summed E-state index contributed by atoms with van der Waals surface area (Å²) in [5, 5.41) is 7.84. The van der Waals surface area contributed by atoms with Gasteiger partial charge in [-0.25, -0.2) is 13.4 Å². The lowest BCUT2D eigenvalue weighted by molar-refractivity contribution is 0.366. The number of rotatable bonds is 4. The van der Waals surface area contributed by atoms with E-state index >= 15 is 0 Å². The second-order valence-corrected chi connectivity index (χ2v) is 7.38. The van der Waals surface area contributed by atoms with Crippen molar-refractivity contribution in [3.8, 4) is 0 Å². The number of nitrogens with one attached hydrogen (secondary N) is 2. The Balaban J connectivity index is 2.28. The fraction of sp³-hybridized carbons (Fsp3) is 0.692. The normalized spacial score (nSPS) is 19.7. The molecule has 0 aromatic carbocycles. The van der Waals surface area contributed by atoms with Crippen molar-refractivity contribution < 1.29 is 8.42 Å². The summed E-state index contributed by atoms with van der Waals surface area (Å²) in [7, 11) is -2.06. The number of amidine groups is 1. The molecule has 0 unspecified atom stereocenters. The molecule has 21 heavy (non-hydrogen) atoms. The van der Waals surface area contributed by atoms with Crippen molar-refractivity contribution in [2.45, 2.75) is 55.5 Å². The van der Waals surface area contributed by atoms with Gasteiger partial charge in [0.05, 0.1) is 11.9 Å². The molecule has 0 aliphatic heterocycles. The first-order valence-electron chi connectivity index (χ1n) is 7.22. The molecule has 1 aromatic rings. The van der Waals surface area contributed by atoms with E-state index < -0.39 is 15.6 Å². The van der Waals surface area contributed by atoms with Crippen LogP contribution in [0, 0.1) is 5.41 Å². The van der Waals surface area contributed by atoms with E-state index in [1.807, 2.05) is 0 Å². The Morgan fingerprint density at radius 3 is 2.38 bits per heavy atom. The van der Waals surface area contributed by atoms with Crippen molar-refractivity contribution in [2.75, 3.05) is 0 Å². The number of hydrogen-bond acceptors (Lipinski definition) is 4. The van der Waals surface area contributed by atoms with Crippen LogP contribution in [-0.4, -0.2) is 29.3 Å². The number of aromatic nitrogens is 2. The van der Waals surface area contributed by atoms with Crippen molar-refractivity contribution in [3.05, 3.63) is 12.5 Å². The van der Waals surface area contributed by atoms with Crippen molar-refractivity contribution in [1.29, 1.82) is 5.41 Å². The van der Waals surface area contributed by atoms with Crippen LogP contribution in [0.15, 0.2) is 17.6 Å². The molecule has 4 N–H and O–H groups in total. The average Bonchev–Trinajstić information content (AvgIpc) is 2.80. The molecule has 0 saturated heterocycles.